The van der Waals surface area contributed by atoms with Gasteiger partial charge in [-0.1, -0.05) is 24.1 Å². The summed E-state index contributed by atoms with van der Waals surface area (Å²) in [5.74, 6) is 1.72. The maximum atomic E-state index is 10.8. The van der Waals surface area contributed by atoms with Crippen molar-refractivity contribution in [3.8, 4) is 0 Å². The largest absolute Gasteiger partial charge is 0.310 e. The molecule has 1 aromatic rings. The van der Waals surface area contributed by atoms with E-state index in [1.807, 2.05) is 6.07 Å². The van der Waals surface area contributed by atoms with Gasteiger partial charge in [-0.25, -0.2) is 0 Å². The van der Waals surface area contributed by atoms with Crippen LogP contribution in [0.15, 0.2) is 18.2 Å². The third kappa shape index (κ3) is 2.60. The lowest BCUT2D eigenvalue weighted by molar-refractivity contribution is -0.384. The highest BCUT2D eigenvalue weighted by atomic mass is 35.5. The van der Waals surface area contributed by atoms with Crippen molar-refractivity contribution in [2.45, 2.75) is 38.3 Å². The first-order chi connectivity index (χ1) is 9.13. The van der Waals surface area contributed by atoms with Gasteiger partial charge in [0.1, 0.15) is 5.02 Å². The van der Waals surface area contributed by atoms with Crippen LogP contribution in [0.3, 0.4) is 0 Å². The van der Waals surface area contributed by atoms with Gasteiger partial charge in [0.05, 0.1) is 4.92 Å². The highest BCUT2D eigenvalue weighted by molar-refractivity contribution is 6.32. The lowest BCUT2D eigenvalue weighted by Gasteiger charge is -2.23. The third-order valence-corrected chi connectivity index (χ3v) is 4.83. The maximum Gasteiger partial charge on any atom is 0.288 e. The molecule has 2 aliphatic rings. The zero-order valence-electron chi connectivity index (χ0n) is 10.6. The van der Waals surface area contributed by atoms with E-state index < -0.39 is 4.92 Å². The minimum Gasteiger partial charge on any atom is -0.310 e. The molecule has 0 heterocycles. The number of fused-ring (bicyclic) bond motifs is 2. The van der Waals surface area contributed by atoms with Gasteiger partial charge in [-0.05, 0) is 42.7 Å². The summed E-state index contributed by atoms with van der Waals surface area (Å²) in [4.78, 5) is 10.4. The number of rotatable bonds is 4. The first-order valence-electron chi connectivity index (χ1n) is 6.79. The van der Waals surface area contributed by atoms with Crippen molar-refractivity contribution in [2.75, 3.05) is 0 Å². The van der Waals surface area contributed by atoms with Crippen molar-refractivity contribution in [3.63, 3.8) is 0 Å². The van der Waals surface area contributed by atoms with Crippen LogP contribution in [0.1, 0.15) is 31.2 Å². The molecule has 5 heteroatoms. The highest BCUT2D eigenvalue weighted by Crippen LogP contribution is 2.44. The fourth-order valence-corrected chi connectivity index (χ4v) is 3.74. The van der Waals surface area contributed by atoms with Gasteiger partial charge in [0.25, 0.3) is 5.69 Å². The fraction of sp³-hybridized carbons (Fsp3) is 0.571. The van der Waals surface area contributed by atoms with Crippen molar-refractivity contribution in [3.05, 3.63) is 38.9 Å². The van der Waals surface area contributed by atoms with Crippen LogP contribution in [0.2, 0.25) is 5.02 Å². The van der Waals surface area contributed by atoms with Gasteiger partial charge in [-0.3, -0.25) is 10.1 Å². The summed E-state index contributed by atoms with van der Waals surface area (Å²) in [5, 5.41) is 14.6. The molecule has 3 rings (SSSR count). The number of nitrogens with one attached hydrogen (secondary N) is 1. The third-order valence-electron chi connectivity index (χ3n) is 4.51. The van der Waals surface area contributed by atoms with Gasteiger partial charge in [0, 0.05) is 18.7 Å². The smallest absolute Gasteiger partial charge is 0.288 e. The summed E-state index contributed by atoms with van der Waals surface area (Å²) >= 11 is 5.81. The summed E-state index contributed by atoms with van der Waals surface area (Å²) in [6, 6.07) is 5.63. The summed E-state index contributed by atoms with van der Waals surface area (Å²) < 4.78 is 0. The fourth-order valence-electron chi connectivity index (χ4n) is 3.55. The van der Waals surface area contributed by atoms with Crippen molar-refractivity contribution >= 4 is 17.3 Å². The van der Waals surface area contributed by atoms with Gasteiger partial charge in [-0.2, -0.15) is 0 Å². The number of hydrogen-bond acceptors (Lipinski definition) is 3. The summed E-state index contributed by atoms with van der Waals surface area (Å²) in [6.45, 7) is 0.686. The SMILES string of the molecule is O=[N+]([O-])c1cc(CNC2CC3CCC2C3)ccc1Cl. The first-order valence-corrected chi connectivity index (χ1v) is 7.17. The Hall–Kier alpha value is -1.13. The second-order valence-electron chi connectivity index (χ2n) is 5.71. The molecule has 1 N–H and O–H groups in total. The van der Waals surface area contributed by atoms with Crippen LogP contribution < -0.4 is 5.32 Å². The predicted molar refractivity (Wildman–Crippen MR) is 74.2 cm³/mol. The van der Waals surface area contributed by atoms with Gasteiger partial charge in [-0.15, -0.1) is 0 Å². The van der Waals surface area contributed by atoms with E-state index in [4.69, 9.17) is 11.6 Å². The molecule has 2 fully saturated rings. The number of benzene rings is 1. The second kappa shape index (κ2) is 5.10. The Bertz CT molecular complexity index is 506. The quantitative estimate of drug-likeness (QED) is 0.678. The lowest BCUT2D eigenvalue weighted by Crippen LogP contribution is -2.33. The van der Waals surface area contributed by atoms with Crippen molar-refractivity contribution in [1.82, 2.24) is 5.32 Å². The summed E-state index contributed by atoms with van der Waals surface area (Å²) in [6.07, 6.45) is 5.34. The molecule has 2 aliphatic carbocycles. The van der Waals surface area contributed by atoms with Crippen LogP contribution in [-0.2, 0) is 6.54 Å². The van der Waals surface area contributed by atoms with Gasteiger partial charge >= 0.3 is 0 Å². The number of nitro groups is 1. The molecular weight excluding hydrogens is 264 g/mol. The Kier molecular flexibility index (Phi) is 3.46. The molecule has 0 amide bonds. The van der Waals surface area contributed by atoms with Gasteiger partial charge in [0.2, 0.25) is 0 Å². The molecule has 0 aliphatic heterocycles. The summed E-state index contributed by atoms with van der Waals surface area (Å²) in [5.41, 5.74) is 0.924. The average Bonchev–Trinajstić information content (AvgIpc) is 2.99. The number of nitro benzene ring substituents is 1. The Balaban J connectivity index is 1.64. The standard InChI is InChI=1S/C14H17ClN2O2/c15-12-4-2-10(7-14(12)17(18)19)8-16-13-6-9-1-3-11(13)5-9/h2,4,7,9,11,13,16H,1,3,5-6,8H2. The molecule has 19 heavy (non-hydrogen) atoms. The molecule has 4 nitrogen and oxygen atoms in total. The lowest BCUT2D eigenvalue weighted by atomic mass is 9.95. The van der Waals surface area contributed by atoms with E-state index in [1.165, 1.54) is 25.7 Å². The van der Waals surface area contributed by atoms with E-state index >= 15 is 0 Å². The normalized spacial score (nSPS) is 28.8. The van der Waals surface area contributed by atoms with Crippen LogP contribution in [-0.4, -0.2) is 11.0 Å². The Labute approximate surface area is 117 Å². The van der Waals surface area contributed by atoms with Crippen molar-refractivity contribution in [2.24, 2.45) is 11.8 Å². The molecule has 3 unspecified atom stereocenters. The topological polar surface area (TPSA) is 55.2 Å². The minimum atomic E-state index is -0.427. The molecule has 1 aromatic carbocycles. The molecule has 0 aromatic heterocycles. The second-order valence-corrected chi connectivity index (χ2v) is 6.11. The predicted octanol–water partition coefficient (Wildman–Crippen LogP) is 3.53. The molecule has 102 valence electrons. The Morgan fingerprint density at radius 2 is 2.21 bits per heavy atom. The zero-order chi connectivity index (χ0) is 13.4. The summed E-state index contributed by atoms with van der Waals surface area (Å²) in [7, 11) is 0. The van der Waals surface area contributed by atoms with Crippen molar-refractivity contribution < 1.29 is 4.92 Å². The van der Waals surface area contributed by atoms with Crippen LogP contribution in [0.4, 0.5) is 5.69 Å². The molecule has 0 radical (unpaired) electrons. The van der Waals surface area contributed by atoms with Crippen LogP contribution >= 0.6 is 11.6 Å². The molecular formula is C14H17ClN2O2. The molecule has 0 spiro atoms. The van der Waals surface area contributed by atoms with E-state index in [2.05, 4.69) is 5.32 Å². The zero-order valence-corrected chi connectivity index (χ0v) is 11.4. The Morgan fingerprint density at radius 1 is 1.37 bits per heavy atom. The van der Waals surface area contributed by atoms with Crippen molar-refractivity contribution in [1.29, 1.82) is 0 Å². The monoisotopic (exact) mass is 280 g/mol. The van der Waals surface area contributed by atoms with Gasteiger partial charge in [0.15, 0.2) is 0 Å². The molecule has 3 atom stereocenters. The van der Waals surface area contributed by atoms with Gasteiger partial charge < -0.3 is 5.32 Å². The maximum absolute atomic E-state index is 10.8. The van der Waals surface area contributed by atoms with Crippen LogP contribution in [0, 0.1) is 22.0 Å². The molecule has 0 saturated heterocycles. The number of hydrogen-bond donors (Lipinski definition) is 1. The first kappa shape index (κ1) is 12.9. The minimum absolute atomic E-state index is 0.00564. The van der Waals surface area contributed by atoms with E-state index in [0.717, 1.165) is 17.4 Å². The van der Waals surface area contributed by atoms with E-state index in [-0.39, 0.29) is 10.7 Å². The van der Waals surface area contributed by atoms with Crippen LogP contribution in [0.25, 0.3) is 0 Å². The van der Waals surface area contributed by atoms with Crippen LogP contribution in [0.5, 0.6) is 0 Å². The number of nitrogens with zero attached hydrogens (tertiary/aromatic N) is 1. The van der Waals surface area contributed by atoms with E-state index in [1.54, 1.807) is 12.1 Å². The van der Waals surface area contributed by atoms with E-state index in [9.17, 15) is 10.1 Å². The Morgan fingerprint density at radius 3 is 2.84 bits per heavy atom. The number of halogens is 1. The highest BCUT2D eigenvalue weighted by Gasteiger charge is 2.38. The van der Waals surface area contributed by atoms with E-state index in [0.29, 0.717) is 12.6 Å². The molecule has 2 saturated carbocycles. The molecule has 2 bridgehead atoms. The average molecular weight is 281 g/mol.